The number of anilines is 4. The standard InChI is InChI=1S/C17H19N5O2S2/c1-12-4-11-17(25-12)26(23,24)21-16-10-9-15(19-20-16)18-13-5-7-14(8-6-13)22(2)3/h4-11H,1-3H3,(H,18,19)(H,20,21). The molecule has 0 saturated carbocycles. The highest BCUT2D eigenvalue weighted by molar-refractivity contribution is 7.94. The van der Waals surface area contributed by atoms with Gasteiger partial charge >= 0.3 is 0 Å². The number of aromatic nitrogens is 2. The molecule has 0 aliphatic rings. The first-order valence-corrected chi connectivity index (χ1v) is 10.1. The van der Waals surface area contributed by atoms with Crippen molar-refractivity contribution in [1.82, 2.24) is 10.2 Å². The van der Waals surface area contributed by atoms with E-state index in [1.807, 2.05) is 50.2 Å². The van der Waals surface area contributed by atoms with Crippen LogP contribution in [0.5, 0.6) is 0 Å². The molecule has 0 aliphatic carbocycles. The van der Waals surface area contributed by atoms with E-state index in [4.69, 9.17) is 0 Å². The van der Waals surface area contributed by atoms with Crippen molar-refractivity contribution in [2.24, 2.45) is 0 Å². The average Bonchev–Trinajstić information content (AvgIpc) is 3.04. The van der Waals surface area contributed by atoms with Crippen molar-refractivity contribution < 1.29 is 8.42 Å². The Hall–Kier alpha value is -2.65. The van der Waals surface area contributed by atoms with Gasteiger partial charge in [0.15, 0.2) is 11.6 Å². The maximum absolute atomic E-state index is 12.3. The Balaban J connectivity index is 1.68. The zero-order valence-corrected chi connectivity index (χ0v) is 16.2. The summed E-state index contributed by atoms with van der Waals surface area (Å²) in [5.41, 5.74) is 1.96. The molecule has 3 aromatic rings. The Morgan fingerprint density at radius 3 is 2.12 bits per heavy atom. The first kappa shape index (κ1) is 18.2. The maximum atomic E-state index is 12.3. The molecular formula is C17H19N5O2S2. The number of thiophene rings is 1. The zero-order valence-electron chi connectivity index (χ0n) is 14.6. The minimum atomic E-state index is -3.64. The van der Waals surface area contributed by atoms with Gasteiger partial charge in [0.2, 0.25) is 0 Å². The minimum Gasteiger partial charge on any atom is -0.378 e. The van der Waals surface area contributed by atoms with Crippen molar-refractivity contribution >= 4 is 44.4 Å². The Kier molecular flexibility index (Phi) is 5.10. The van der Waals surface area contributed by atoms with Gasteiger partial charge in [-0.3, -0.25) is 4.72 Å². The summed E-state index contributed by atoms with van der Waals surface area (Å²) in [5, 5.41) is 11.1. The van der Waals surface area contributed by atoms with E-state index in [9.17, 15) is 8.42 Å². The predicted molar refractivity (Wildman–Crippen MR) is 106 cm³/mol. The Bertz CT molecular complexity index is 981. The van der Waals surface area contributed by atoms with Gasteiger partial charge in [0.1, 0.15) is 4.21 Å². The number of sulfonamides is 1. The van der Waals surface area contributed by atoms with Crippen molar-refractivity contribution in [3.8, 4) is 0 Å². The minimum absolute atomic E-state index is 0.171. The number of aryl methyl sites for hydroxylation is 1. The molecule has 0 unspecified atom stereocenters. The third-order valence-electron chi connectivity index (χ3n) is 3.54. The third-order valence-corrected chi connectivity index (χ3v) is 6.39. The van der Waals surface area contributed by atoms with E-state index in [2.05, 4.69) is 20.2 Å². The molecule has 2 aromatic heterocycles. The number of hydrogen-bond donors (Lipinski definition) is 2. The van der Waals surface area contributed by atoms with Crippen LogP contribution in [-0.4, -0.2) is 32.7 Å². The van der Waals surface area contributed by atoms with E-state index in [0.717, 1.165) is 16.3 Å². The highest BCUT2D eigenvalue weighted by Crippen LogP contribution is 2.23. The number of rotatable bonds is 6. The normalized spacial score (nSPS) is 11.2. The summed E-state index contributed by atoms with van der Waals surface area (Å²) in [5.74, 6) is 0.696. The molecule has 7 nitrogen and oxygen atoms in total. The number of hydrogen-bond acceptors (Lipinski definition) is 7. The second-order valence-corrected chi connectivity index (χ2v) is 9.04. The molecule has 0 amide bonds. The van der Waals surface area contributed by atoms with E-state index in [1.165, 1.54) is 11.3 Å². The second kappa shape index (κ2) is 7.30. The number of nitrogens with zero attached hydrogens (tertiary/aromatic N) is 3. The topological polar surface area (TPSA) is 87.2 Å². The molecule has 0 saturated heterocycles. The van der Waals surface area contributed by atoms with E-state index in [0.29, 0.717) is 5.82 Å². The molecule has 0 atom stereocenters. The fourth-order valence-corrected chi connectivity index (χ4v) is 4.47. The molecule has 136 valence electrons. The highest BCUT2D eigenvalue weighted by Gasteiger charge is 2.17. The van der Waals surface area contributed by atoms with Gasteiger partial charge in [-0.05, 0) is 55.5 Å². The Morgan fingerprint density at radius 2 is 1.58 bits per heavy atom. The van der Waals surface area contributed by atoms with Crippen LogP contribution in [-0.2, 0) is 10.0 Å². The summed E-state index contributed by atoms with van der Waals surface area (Å²) < 4.78 is 27.3. The third kappa shape index (κ3) is 4.30. The monoisotopic (exact) mass is 389 g/mol. The van der Waals surface area contributed by atoms with Gasteiger partial charge < -0.3 is 10.2 Å². The summed E-state index contributed by atoms with van der Waals surface area (Å²) in [6.45, 7) is 1.86. The molecule has 0 radical (unpaired) electrons. The van der Waals surface area contributed by atoms with Crippen LogP contribution in [0.2, 0.25) is 0 Å². The summed E-state index contributed by atoms with van der Waals surface area (Å²) in [4.78, 5) is 2.94. The van der Waals surface area contributed by atoms with Gasteiger partial charge in [0, 0.05) is 30.3 Å². The fraction of sp³-hybridized carbons (Fsp3) is 0.176. The number of nitrogens with one attached hydrogen (secondary N) is 2. The first-order chi connectivity index (χ1) is 12.3. The Labute approximate surface area is 156 Å². The lowest BCUT2D eigenvalue weighted by atomic mass is 10.2. The predicted octanol–water partition coefficient (Wildman–Crippen LogP) is 3.46. The molecular weight excluding hydrogens is 370 g/mol. The van der Waals surface area contributed by atoms with Crippen LogP contribution in [0.1, 0.15) is 4.88 Å². The summed E-state index contributed by atoms with van der Waals surface area (Å²) >= 11 is 1.21. The fourth-order valence-electron chi connectivity index (χ4n) is 2.19. The van der Waals surface area contributed by atoms with Gasteiger partial charge in [-0.15, -0.1) is 21.5 Å². The zero-order chi connectivity index (χ0) is 18.7. The Morgan fingerprint density at radius 1 is 0.923 bits per heavy atom. The van der Waals surface area contributed by atoms with Crippen LogP contribution >= 0.6 is 11.3 Å². The second-order valence-electron chi connectivity index (χ2n) is 5.84. The lowest BCUT2D eigenvalue weighted by Crippen LogP contribution is -2.13. The van der Waals surface area contributed by atoms with Crippen molar-refractivity contribution in [2.75, 3.05) is 29.0 Å². The molecule has 2 heterocycles. The van der Waals surface area contributed by atoms with Crippen LogP contribution in [0.4, 0.5) is 23.0 Å². The lowest BCUT2D eigenvalue weighted by molar-refractivity contribution is 0.603. The summed E-state index contributed by atoms with van der Waals surface area (Å²) in [6.07, 6.45) is 0. The van der Waals surface area contributed by atoms with Gasteiger partial charge in [-0.2, -0.15) is 0 Å². The first-order valence-electron chi connectivity index (χ1n) is 7.81. The quantitative estimate of drug-likeness (QED) is 0.671. The van der Waals surface area contributed by atoms with Crippen molar-refractivity contribution in [3.63, 3.8) is 0 Å². The average molecular weight is 390 g/mol. The van der Waals surface area contributed by atoms with Crippen LogP contribution in [0.15, 0.2) is 52.7 Å². The van der Waals surface area contributed by atoms with Gasteiger partial charge in [-0.25, -0.2) is 8.42 Å². The smallest absolute Gasteiger partial charge is 0.272 e. The van der Waals surface area contributed by atoms with Crippen molar-refractivity contribution in [1.29, 1.82) is 0 Å². The van der Waals surface area contributed by atoms with E-state index >= 15 is 0 Å². The molecule has 1 aromatic carbocycles. The van der Waals surface area contributed by atoms with Crippen LogP contribution in [0, 0.1) is 6.92 Å². The van der Waals surface area contributed by atoms with E-state index in [-0.39, 0.29) is 10.0 Å². The van der Waals surface area contributed by atoms with Crippen LogP contribution in [0.25, 0.3) is 0 Å². The highest BCUT2D eigenvalue weighted by atomic mass is 32.2. The van der Waals surface area contributed by atoms with E-state index in [1.54, 1.807) is 24.3 Å². The lowest BCUT2D eigenvalue weighted by Gasteiger charge is -2.13. The summed E-state index contributed by atoms with van der Waals surface area (Å²) in [7, 11) is 0.319. The molecule has 3 rings (SSSR count). The number of benzene rings is 1. The van der Waals surface area contributed by atoms with Gasteiger partial charge in [0.25, 0.3) is 10.0 Å². The largest absolute Gasteiger partial charge is 0.378 e. The molecule has 0 bridgehead atoms. The summed E-state index contributed by atoms with van der Waals surface area (Å²) in [6, 6.07) is 14.4. The van der Waals surface area contributed by atoms with Crippen LogP contribution < -0.4 is 14.9 Å². The van der Waals surface area contributed by atoms with Gasteiger partial charge in [-0.1, -0.05) is 0 Å². The van der Waals surface area contributed by atoms with Crippen LogP contribution in [0.3, 0.4) is 0 Å². The SMILES string of the molecule is Cc1ccc(S(=O)(=O)Nc2ccc(Nc3ccc(N(C)C)cc3)nn2)s1. The van der Waals surface area contributed by atoms with Gasteiger partial charge in [0.05, 0.1) is 0 Å². The molecule has 0 spiro atoms. The van der Waals surface area contributed by atoms with E-state index < -0.39 is 10.0 Å². The van der Waals surface area contributed by atoms with Crippen molar-refractivity contribution in [3.05, 3.63) is 53.4 Å². The molecule has 0 fully saturated rings. The maximum Gasteiger partial charge on any atom is 0.272 e. The molecule has 2 N–H and O–H groups in total. The molecule has 26 heavy (non-hydrogen) atoms. The van der Waals surface area contributed by atoms with Crippen molar-refractivity contribution in [2.45, 2.75) is 11.1 Å². The molecule has 0 aliphatic heterocycles. The molecule has 9 heteroatoms.